The predicted octanol–water partition coefficient (Wildman–Crippen LogP) is 4.19. The molecule has 1 aliphatic heterocycles. The number of nitrogens with zero attached hydrogens (tertiary/aromatic N) is 2. The molecule has 3 heteroatoms. The number of hydrogen-bond acceptors (Lipinski definition) is 1. The Morgan fingerprint density at radius 2 is 1.96 bits per heavy atom. The molecule has 1 aromatic carbocycles. The highest BCUT2D eigenvalue weighted by Crippen LogP contribution is 2.27. The summed E-state index contributed by atoms with van der Waals surface area (Å²) in [6, 6.07) is 12.7. The Morgan fingerprint density at radius 3 is 2.65 bits per heavy atom. The second kappa shape index (κ2) is 6.45. The number of fused-ring (bicyclic) bond motifs is 1. The van der Waals surface area contributed by atoms with Crippen LogP contribution in [0.5, 0.6) is 0 Å². The van der Waals surface area contributed by atoms with Crippen molar-refractivity contribution in [1.82, 2.24) is 9.47 Å². The second-order valence-corrected chi connectivity index (χ2v) is 6.22. The van der Waals surface area contributed by atoms with Crippen molar-refractivity contribution in [3.63, 3.8) is 0 Å². The van der Waals surface area contributed by atoms with Crippen LogP contribution in [0.15, 0.2) is 48.7 Å². The number of benzene rings is 1. The predicted molar refractivity (Wildman–Crippen MR) is 94.0 cm³/mol. The molecular formula is C20H24N2O. The Hall–Kier alpha value is -2.29. The van der Waals surface area contributed by atoms with Gasteiger partial charge >= 0.3 is 0 Å². The number of allylic oxidation sites excluding steroid dienone is 1. The average Bonchev–Trinajstić information content (AvgIpc) is 3.03. The zero-order valence-corrected chi connectivity index (χ0v) is 14.1. The monoisotopic (exact) mass is 308 g/mol. The summed E-state index contributed by atoms with van der Waals surface area (Å²) >= 11 is 0. The van der Waals surface area contributed by atoms with Gasteiger partial charge in [0.05, 0.1) is 6.04 Å². The van der Waals surface area contributed by atoms with E-state index in [-0.39, 0.29) is 11.9 Å². The summed E-state index contributed by atoms with van der Waals surface area (Å²) < 4.78 is 2.23. The summed E-state index contributed by atoms with van der Waals surface area (Å²) in [5.74, 6) is 0.113. The van der Waals surface area contributed by atoms with Gasteiger partial charge in [-0.25, -0.2) is 0 Å². The van der Waals surface area contributed by atoms with Crippen LogP contribution in [0, 0.1) is 6.92 Å². The van der Waals surface area contributed by atoms with Gasteiger partial charge in [0.25, 0.3) is 0 Å². The van der Waals surface area contributed by atoms with Gasteiger partial charge in [-0.2, -0.15) is 0 Å². The zero-order chi connectivity index (χ0) is 16.4. The molecule has 0 saturated heterocycles. The Labute approximate surface area is 138 Å². The normalized spacial score (nSPS) is 18.0. The molecule has 2 aromatic rings. The standard InChI is InChI=1S/C20H24N2O/c1-4-17(18-9-7-15(2)8-10-18)14-20(23)22-13-12-21-11-5-6-19(21)16(22)3/h5-11,14,16H,4,12-13H2,1-3H3/b17-14+. The highest BCUT2D eigenvalue weighted by Gasteiger charge is 2.26. The van der Waals surface area contributed by atoms with Crippen LogP contribution in [0.2, 0.25) is 0 Å². The molecule has 0 spiro atoms. The first-order valence-corrected chi connectivity index (χ1v) is 8.33. The van der Waals surface area contributed by atoms with Crippen molar-refractivity contribution in [3.8, 4) is 0 Å². The lowest BCUT2D eigenvalue weighted by atomic mass is 10.0. The van der Waals surface area contributed by atoms with Gasteiger partial charge in [-0.05, 0) is 43.5 Å². The maximum absolute atomic E-state index is 12.8. The van der Waals surface area contributed by atoms with Crippen LogP contribution in [-0.2, 0) is 11.3 Å². The van der Waals surface area contributed by atoms with E-state index in [1.165, 1.54) is 11.3 Å². The molecule has 1 amide bonds. The van der Waals surface area contributed by atoms with E-state index >= 15 is 0 Å². The summed E-state index contributed by atoms with van der Waals surface area (Å²) in [6.07, 6.45) is 4.76. The minimum atomic E-state index is 0.113. The van der Waals surface area contributed by atoms with E-state index in [0.717, 1.165) is 30.6 Å². The Bertz CT molecular complexity index is 724. The molecule has 1 aromatic heterocycles. The Balaban J connectivity index is 1.83. The summed E-state index contributed by atoms with van der Waals surface area (Å²) in [4.78, 5) is 14.8. The van der Waals surface area contributed by atoms with Crippen LogP contribution >= 0.6 is 0 Å². The van der Waals surface area contributed by atoms with Crippen molar-refractivity contribution in [1.29, 1.82) is 0 Å². The third kappa shape index (κ3) is 3.09. The molecule has 0 fully saturated rings. The molecule has 0 bridgehead atoms. The molecule has 120 valence electrons. The van der Waals surface area contributed by atoms with Gasteiger partial charge in [0.1, 0.15) is 0 Å². The van der Waals surface area contributed by atoms with Crippen LogP contribution in [0.4, 0.5) is 0 Å². The van der Waals surface area contributed by atoms with Crippen LogP contribution in [0.1, 0.15) is 43.1 Å². The van der Waals surface area contributed by atoms with Gasteiger partial charge < -0.3 is 9.47 Å². The highest BCUT2D eigenvalue weighted by molar-refractivity contribution is 5.95. The summed E-state index contributed by atoms with van der Waals surface area (Å²) in [5, 5.41) is 0. The maximum atomic E-state index is 12.8. The van der Waals surface area contributed by atoms with Crippen LogP contribution in [-0.4, -0.2) is 21.9 Å². The van der Waals surface area contributed by atoms with Crippen LogP contribution in [0.25, 0.3) is 5.57 Å². The fourth-order valence-electron chi connectivity index (χ4n) is 3.27. The van der Waals surface area contributed by atoms with E-state index in [1.807, 2.05) is 11.0 Å². The molecule has 2 heterocycles. The van der Waals surface area contributed by atoms with Crippen LogP contribution in [0.3, 0.4) is 0 Å². The molecule has 1 aliphatic rings. The van der Waals surface area contributed by atoms with Crippen molar-refractivity contribution in [2.24, 2.45) is 0 Å². The fourth-order valence-corrected chi connectivity index (χ4v) is 3.27. The first-order chi connectivity index (χ1) is 11.1. The molecule has 0 N–H and O–H groups in total. The van der Waals surface area contributed by atoms with E-state index in [1.54, 1.807) is 0 Å². The number of rotatable bonds is 3. The Kier molecular flexibility index (Phi) is 4.37. The molecule has 3 nitrogen and oxygen atoms in total. The fraction of sp³-hybridized carbons (Fsp3) is 0.350. The second-order valence-electron chi connectivity index (χ2n) is 6.22. The first kappa shape index (κ1) is 15.6. The van der Waals surface area contributed by atoms with E-state index in [4.69, 9.17) is 0 Å². The number of hydrogen-bond donors (Lipinski definition) is 0. The molecule has 23 heavy (non-hydrogen) atoms. The number of carbonyl (C=O) groups excluding carboxylic acids is 1. The van der Waals surface area contributed by atoms with Gasteiger partial charge in [-0.1, -0.05) is 36.8 Å². The summed E-state index contributed by atoms with van der Waals surface area (Å²) in [7, 11) is 0. The molecule has 1 unspecified atom stereocenters. The highest BCUT2D eigenvalue weighted by atomic mass is 16.2. The lowest BCUT2D eigenvalue weighted by Gasteiger charge is -2.34. The number of amides is 1. The van der Waals surface area contributed by atoms with E-state index in [0.29, 0.717) is 0 Å². The molecule has 1 atom stereocenters. The molecule has 0 radical (unpaired) electrons. The van der Waals surface area contributed by atoms with Crippen molar-refractivity contribution in [2.75, 3.05) is 6.54 Å². The van der Waals surface area contributed by atoms with Gasteiger partial charge in [-0.15, -0.1) is 0 Å². The third-order valence-corrected chi connectivity index (χ3v) is 4.73. The lowest BCUT2D eigenvalue weighted by Crippen LogP contribution is -2.39. The molecule has 0 aliphatic carbocycles. The molecule has 0 saturated carbocycles. The van der Waals surface area contributed by atoms with Gasteiger partial charge in [0.15, 0.2) is 0 Å². The smallest absolute Gasteiger partial charge is 0.247 e. The Morgan fingerprint density at radius 1 is 1.22 bits per heavy atom. The zero-order valence-electron chi connectivity index (χ0n) is 14.1. The van der Waals surface area contributed by atoms with Gasteiger partial charge in [0, 0.05) is 31.1 Å². The molecule has 3 rings (SSSR count). The topological polar surface area (TPSA) is 25.2 Å². The minimum absolute atomic E-state index is 0.113. The largest absolute Gasteiger partial charge is 0.348 e. The minimum Gasteiger partial charge on any atom is -0.348 e. The number of aryl methyl sites for hydroxylation is 1. The quantitative estimate of drug-likeness (QED) is 0.780. The van der Waals surface area contributed by atoms with E-state index in [2.05, 4.69) is 67.9 Å². The average molecular weight is 308 g/mol. The SMILES string of the molecule is CC/C(=C\C(=O)N1CCn2cccc2C1C)c1ccc(C)cc1. The van der Waals surface area contributed by atoms with Crippen molar-refractivity contribution < 1.29 is 4.79 Å². The van der Waals surface area contributed by atoms with Gasteiger partial charge in [0.2, 0.25) is 5.91 Å². The molecular weight excluding hydrogens is 284 g/mol. The van der Waals surface area contributed by atoms with Gasteiger partial charge in [-0.3, -0.25) is 4.79 Å². The number of carbonyl (C=O) groups is 1. The van der Waals surface area contributed by atoms with Crippen LogP contribution < -0.4 is 0 Å². The summed E-state index contributed by atoms with van der Waals surface area (Å²) in [5.41, 5.74) is 4.69. The van der Waals surface area contributed by atoms with Crippen molar-refractivity contribution >= 4 is 11.5 Å². The lowest BCUT2D eigenvalue weighted by molar-refractivity contribution is -0.129. The maximum Gasteiger partial charge on any atom is 0.247 e. The van der Waals surface area contributed by atoms with E-state index in [9.17, 15) is 4.79 Å². The van der Waals surface area contributed by atoms with Crippen molar-refractivity contribution in [2.45, 2.75) is 39.8 Å². The summed E-state index contributed by atoms with van der Waals surface area (Å²) in [6.45, 7) is 7.92. The van der Waals surface area contributed by atoms with E-state index < -0.39 is 0 Å². The first-order valence-electron chi connectivity index (χ1n) is 8.33. The third-order valence-electron chi connectivity index (χ3n) is 4.73. The van der Waals surface area contributed by atoms with Crippen molar-refractivity contribution in [3.05, 3.63) is 65.5 Å². The number of aromatic nitrogens is 1.